The highest BCUT2D eigenvalue weighted by atomic mass is 35.5. The summed E-state index contributed by atoms with van der Waals surface area (Å²) in [6, 6.07) is 13.8. The van der Waals surface area contributed by atoms with Crippen molar-refractivity contribution in [1.82, 2.24) is 10.2 Å². The molecule has 1 heterocycles. The fraction of sp³-hybridized carbons (Fsp3) is 0.350. The van der Waals surface area contributed by atoms with E-state index in [4.69, 9.17) is 16.3 Å². The average Bonchev–Trinajstić information content (AvgIpc) is 2.70. The van der Waals surface area contributed by atoms with Crippen molar-refractivity contribution >= 4 is 23.2 Å². The summed E-state index contributed by atoms with van der Waals surface area (Å²) in [6.07, 6.45) is -0.0461. The SMILES string of the molecule is O=C(Cc1ccccc1[N+](=O)[O-])NC[C@@H](c1ccccc1Cl)N1CCOCC1. The number of carbonyl (C=O) groups is 1. The summed E-state index contributed by atoms with van der Waals surface area (Å²) >= 11 is 6.39. The first-order valence-electron chi connectivity index (χ1n) is 9.11. The zero-order valence-corrected chi connectivity index (χ0v) is 16.1. The van der Waals surface area contributed by atoms with Gasteiger partial charge in [0.05, 0.1) is 30.6 Å². The molecule has 8 heteroatoms. The standard InChI is InChI=1S/C20H22ClN3O4/c21-17-7-3-2-6-16(17)19(23-9-11-28-12-10-23)14-22-20(25)13-15-5-1-4-8-18(15)24(26)27/h1-8,19H,9-14H2,(H,22,25)/t19-/m0/s1. The number of ether oxygens (including phenoxy) is 1. The van der Waals surface area contributed by atoms with Gasteiger partial charge in [0.2, 0.25) is 5.91 Å². The minimum Gasteiger partial charge on any atom is -0.379 e. The van der Waals surface area contributed by atoms with Gasteiger partial charge < -0.3 is 10.1 Å². The van der Waals surface area contributed by atoms with E-state index in [0.717, 1.165) is 18.7 Å². The van der Waals surface area contributed by atoms with Crippen LogP contribution in [-0.2, 0) is 16.0 Å². The molecule has 148 valence electrons. The molecule has 0 unspecified atom stereocenters. The lowest BCUT2D eigenvalue weighted by atomic mass is 10.0. The maximum atomic E-state index is 12.5. The number of hydrogen-bond donors (Lipinski definition) is 1. The van der Waals surface area contributed by atoms with Gasteiger partial charge in [-0.05, 0) is 11.6 Å². The van der Waals surface area contributed by atoms with Gasteiger partial charge in [0.1, 0.15) is 0 Å². The fourth-order valence-corrected chi connectivity index (χ4v) is 3.62. The van der Waals surface area contributed by atoms with E-state index in [1.165, 1.54) is 6.07 Å². The summed E-state index contributed by atoms with van der Waals surface area (Å²) in [5.74, 6) is -0.264. The largest absolute Gasteiger partial charge is 0.379 e. The number of morpholine rings is 1. The van der Waals surface area contributed by atoms with E-state index in [1.54, 1.807) is 18.2 Å². The Hall–Kier alpha value is -2.48. The normalized spacial score (nSPS) is 15.8. The Morgan fingerprint density at radius 2 is 1.86 bits per heavy atom. The van der Waals surface area contributed by atoms with Gasteiger partial charge in [0, 0.05) is 36.3 Å². The summed E-state index contributed by atoms with van der Waals surface area (Å²) in [5.41, 5.74) is 1.29. The van der Waals surface area contributed by atoms with Gasteiger partial charge in [-0.3, -0.25) is 19.8 Å². The maximum absolute atomic E-state index is 12.5. The Morgan fingerprint density at radius 1 is 1.18 bits per heavy atom. The third-order valence-corrected chi connectivity index (χ3v) is 5.13. The van der Waals surface area contributed by atoms with Crippen molar-refractivity contribution in [3.05, 3.63) is 74.8 Å². The van der Waals surface area contributed by atoms with Crippen LogP contribution in [0, 0.1) is 10.1 Å². The first-order chi connectivity index (χ1) is 13.6. The molecular weight excluding hydrogens is 382 g/mol. The number of nitrogens with one attached hydrogen (secondary N) is 1. The van der Waals surface area contributed by atoms with Gasteiger partial charge in [-0.1, -0.05) is 48.0 Å². The molecule has 2 aromatic rings. The number of nitrogens with zero attached hydrogens (tertiary/aromatic N) is 2. The molecule has 1 N–H and O–H groups in total. The predicted octanol–water partition coefficient (Wildman–Crippen LogP) is 2.98. The number of amides is 1. The van der Waals surface area contributed by atoms with Crippen LogP contribution in [0.1, 0.15) is 17.2 Å². The molecule has 0 radical (unpaired) electrons. The summed E-state index contributed by atoms with van der Waals surface area (Å²) in [5, 5.41) is 14.7. The van der Waals surface area contributed by atoms with Crippen LogP contribution in [0.3, 0.4) is 0 Å². The van der Waals surface area contributed by atoms with Gasteiger partial charge in [0.15, 0.2) is 0 Å². The number of halogens is 1. The summed E-state index contributed by atoms with van der Waals surface area (Å²) in [4.78, 5) is 25.4. The lowest BCUT2D eigenvalue weighted by Crippen LogP contribution is -2.44. The highest BCUT2D eigenvalue weighted by Gasteiger charge is 2.25. The van der Waals surface area contributed by atoms with Crippen molar-refractivity contribution in [2.45, 2.75) is 12.5 Å². The molecule has 7 nitrogen and oxygen atoms in total. The summed E-state index contributed by atoms with van der Waals surface area (Å²) in [6.45, 7) is 3.12. The molecule has 1 saturated heterocycles. The van der Waals surface area contributed by atoms with Crippen molar-refractivity contribution in [2.24, 2.45) is 0 Å². The number of rotatable bonds is 7. The molecule has 0 spiro atoms. The Balaban J connectivity index is 1.70. The van der Waals surface area contributed by atoms with E-state index in [2.05, 4.69) is 10.2 Å². The molecule has 0 saturated carbocycles. The second-order valence-electron chi connectivity index (χ2n) is 6.55. The lowest BCUT2D eigenvalue weighted by molar-refractivity contribution is -0.385. The molecule has 1 fully saturated rings. The summed E-state index contributed by atoms with van der Waals surface area (Å²) < 4.78 is 5.43. The van der Waals surface area contributed by atoms with Crippen LogP contribution in [0.4, 0.5) is 5.69 Å². The molecule has 28 heavy (non-hydrogen) atoms. The van der Waals surface area contributed by atoms with Crippen molar-refractivity contribution in [1.29, 1.82) is 0 Å². The molecule has 1 aliphatic rings. The first-order valence-corrected chi connectivity index (χ1v) is 9.49. The van der Waals surface area contributed by atoms with E-state index in [0.29, 0.717) is 30.3 Å². The van der Waals surface area contributed by atoms with Crippen LogP contribution < -0.4 is 5.32 Å². The van der Waals surface area contributed by atoms with Crippen molar-refractivity contribution < 1.29 is 14.5 Å². The lowest BCUT2D eigenvalue weighted by Gasteiger charge is -2.35. The molecule has 0 aliphatic carbocycles. The van der Waals surface area contributed by atoms with Gasteiger partial charge in [0.25, 0.3) is 5.69 Å². The monoisotopic (exact) mass is 403 g/mol. The van der Waals surface area contributed by atoms with Gasteiger partial charge in [-0.2, -0.15) is 0 Å². The Bertz CT molecular complexity index is 840. The maximum Gasteiger partial charge on any atom is 0.273 e. The second kappa shape index (κ2) is 9.64. The van der Waals surface area contributed by atoms with E-state index < -0.39 is 4.92 Å². The summed E-state index contributed by atoms with van der Waals surface area (Å²) in [7, 11) is 0. The number of benzene rings is 2. The van der Waals surface area contributed by atoms with Crippen LogP contribution in [0.15, 0.2) is 48.5 Å². The molecule has 0 bridgehead atoms. The van der Waals surface area contributed by atoms with Gasteiger partial charge >= 0.3 is 0 Å². The first kappa shape index (κ1) is 20.3. The van der Waals surface area contributed by atoms with Gasteiger partial charge in [-0.15, -0.1) is 0 Å². The number of carbonyl (C=O) groups excluding carboxylic acids is 1. The molecule has 0 aromatic heterocycles. The van der Waals surface area contributed by atoms with Crippen molar-refractivity contribution in [3.63, 3.8) is 0 Å². The topological polar surface area (TPSA) is 84.7 Å². The minimum absolute atomic E-state index is 0.0461. The molecule has 1 atom stereocenters. The predicted molar refractivity (Wildman–Crippen MR) is 106 cm³/mol. The van der Waals surface area contributed by atoms with Crippen LogP contribution in [0.2, 0.25) is 5.02 Å². The molecule has 2 aromatic carbocycles. The number of nitro benzene ring substituents is 1. The Morgan fingerprint density at radius 3 is 2.57 bits per heavy atom. The molecular formula is C20H22ClN3O4. The Kier molecular flexibility index (Phi) is 6.97. The van der Waals surface area contributed by atoms with Crippen LogP contribution in [-0.4, -0.2) is 48.6 Å². The number of para-hydroxylation sites is 1. The van der Waals surface area contributed by atoms with E-state index in [1.807, 2.05) is 24.3 Å². The van der Waals surface area contributed by atoms with Crippen LogP contribution in [0.25, 0.3) is 0 Å². The quantitative estimate of drug-likeness (QED) is 0.567. The second-order valence-corrected chi connectivity index (χ2v) is 6.96. The highest BCUT2D eigenvalue weighted by Crippen LogP contribution is 2.28. The van der Waals surface area contributed by atoms with E-state index in [9.17, 15) is 14.9 Å². The van der Waals surface area contributed by atoms with Gasteiger partial charge in [-0.25, -0.2) is 0 Å². The molecule has 1 aliphatic heterocycles. The van der Waals surface area contributed by atoms with Crippen LogP contribution in [0.5, 0.6) is 0 Å². The Labute approximate surface area is 168 Å². The van der Waals surface area contributed by atoms with Crippen molar-refractivity contribution in [2.75, 3.05) is 32.8 Å². The zero-order valence-electron chi connectivity index (χ0n) is 15.3. The van der Waals surface area contributed by atoms with E-state index in [-0.39, 0.29) is 24.1 Å². The number of hydrogen-bond acceptors (Lipinski definition) is 5. The zero-order chi connectivity index (χ0) is 19.9. The molecule has 3 rings (SSSR count). The number of nitro groups is 1. The third-order valence-electron chi connectivity index (χ3n) is 4.78. The highest BCUT2D eigenvalue weighted by molar-refractivity contribution is 6.31. The molecule has 1 amide bonds. The van der Waals surface area contributed by atoms with Crippen molar-refractivity contribution in [3.8, 4) is 0 Å². The van der Waals surface area contributed by atoms with Crippen LogP contribution >= 0.6 is 11.6 Å². The minimum atomic E-state index is -0.469. The van der Waals surface area contributed by atoms with E-state index >= 15 is 0 Å². The third kappa shape index (κ3) is 5.07. The average molecular weight is 404 g/mol. The smallest absolute Gasteiger partial charge is 0.273 e. The fourth-order valence-electron chi connectivity index (χ4n) is 3.35.